The van der Waals surface area contributed by atoms with Crippen molar-refractivity contribution in [1.82, 2.24) is 9.55 Å². The molecule has 1 aromatic heterocycles. The number of nitrogen functional groups attached to an aromatic ring is 1. The first kappa shape index (κ1) is 28.0. The monoisotopic (exact) mass is 583 g/mol. The van der Waals surface area contributed by atoms with Crippen molar-refractivity contribution in [1.29, 1.82) is 0 Å². The van der Waals surface area contributed by atoms with Crippen molar-refractivity contribution in [2.45, 2.75) is 6.54 Å². The number of methoxy groups -OCH3 is 2. The summed E-state index contributed by atoms with van der Waals surface area (Å²) in [5, 5.41) is 1.08. The highest BCUT2D eigenvalue weighted by Crippen LogP contribution is 2.31. The third kappa shape index (κ3) is 6.46. The second-order valence-electron chi connectivity index (χ2n) is 9.34. The molecule has 5 rings (SSSR count). The number of nitrogens with zero attached hydrogens (tertiary/aromatic N) is 2. The maximum Gasteiger partial charge on any atom is 0.337 e. The largest absolute Gasteiger partial charge is 0.495 e. The van der Waals surface area contributed by atoms with Crippen LogP contribution >= 0.6 is 23.2 Å². The van der Waals surface area contributed by atoms with E-state index in [1.54, 1.807) is 31.4 Å². The van der Waals surface area contributed by atoms with Gasteiger partial charge in [-0.05, 0) is 70.8 Å². The molecule has 0 spiro atoms. The molecule has 0 fully saturated rings. The molecule has 8 heteroatoms. The van der Waals surface area contributed by atoms with Gasteiger partial charge in [-0.3, -0.25) is 0 Å². The Hall–Kier alpha value is -4.52. The molecule has 0 saturated heterocycles. The van der Waals surface area contributed by atoms with Crippen LogP contribution in [0, 0.1) is 0 Å². The summed E-state index contributed by atoms with van der Waals surface area (Å²) in [6, 6.07) is 26.6. The van der Waals surface area contributed by atoms with Crippen molar-refractivity contribution in [3.8, 4) is 28.1 Å². The van der Waals surface area contributed by atoms with Crippen LogP contribution in [0.2, 0.25) is 10.0 Å². The summed E-state index contributed by atoms with van der Waals surface area (Å²) in [5.74, 6) is 1.03. The van der Waals surface area contributed by atoms with Crippen LogP contribution in [-0.4, -0.2) is 29.7 Å². The molecule has 4 aromatic carbocycles. The normalized spacial score (nSPS) is 11.1. The van der Waals surface area contributed by atoms with Gasteiger partial charge in [0.25, 0.3) is 0 Å². The smallest absolute Gasteiger partial charge is 0.337 e. The minimum absolute atomic E-state index is 0.371. The van der Waals surface area contributed by atoms with Crippen molar-refractivity contribution >= 4 is 47.0 Å². The Morgan fingerprint density at radius 2 is 1.63 bits per heavy atom. The molecule has 0 aliphatic heterocycles. The van der Waals surface area contributed by atoms with E-state index in [9.17, 15) is 4.79 Å². The number of carbonyl (C=O) groups excluding carboxylic acids is 1. The number of carbonyl (C=O) groups is 1. The summed E-state index contributed by atoms with van der Waals surface area (Å²) in [6.07, 6.45) is 5.94. The molecule has 0 atom stereocenters. The molecule has 0 aliphatic carbocycles. The lowest BCUT2D eigenvalue weighted by Crippen LogP contribution is -2.03. The quantitative estimate of drug-likeness (QED) is 0.147. The fraction of sp³-hybridized carbons (Fsp3) is 0.0909. The van der Waals surface area contributed by atoms with Gasteiger partial charge in [-0.1, -0.05) is 71.7 Å². The van der Waals surface area contributed by atoms with Crippen LogP contribution < -0.4 is 10.5 Å². The van der Waals surface area contributed by atoms with Crippen LogP contribution in [-0.2, 0) is 11.3 Å². The molecule has 41 heavy (non-hydrogen) atoms. The molecular weight excluding hydrogens is 557 g/mol. The fourth-order valence-corrected chi connectivity index (χ4v) is 4.95. The summed E-state index contributed by atoms with van der Waals surface area (Å²) in [5.41, 5.74) is 12.8. The van der Waals surface area contributed by atoms with Gasteiger partial charge in [0.15, 0.2) is 0 Å². The number of esters is 1. The predicted octanol–water partition coefficient (Wildman–Crippen LogP) is 8.12. The van der Waals surface area contributed by atoms with Crippen molar-refractivity contribution < 1.29 is 14.3 Å². The topological polar surface area (TPSA) is 79.4 Å². The SMILES string of the molecule is COC(=O)c1ccc(Cn2cc(-c3ccc(Cl)cc3Cl)nc2C=Cc2ccc(-c3ccc(OC)c(N)c3)cc2)cc1. The van der Waals surface area contributed by atoms with E-state index in [0.717, 1.165) is 39.3 Å². The van der Waals surface area contributed by atoms with E-state index in [1.807, 2.05) is 71.4 Å². The summed E-state index contributed by atoms with van der Waals surface area (Å²) in [7, 11) is 2.97. The minimum Gasteiger partial charge on any atom is -0.495 e. The highest BCUT2D eigenvalue weighted by Gasteiger charge is 2.13. The Bertz CT molecular complexity index is 1730. The van der Waals surface area contributed by atoms with Crippen molar-refractivity contribution in [2.24, 2.45) is 0 Å². The van der Waals surface area contributed by atoms with Crippen LogP contribution in [0.25, 0.3) is 34.5 Å². The van der Waals surface area contributed by atoms with Gasteiger partial charge in [-0.25, -0.2) is 9.78 Å². The Balaban J connectivity index is 1.44. The van der Waals surface area contributed by atoms with E-state index in [4.69, 9.17) is 43.4 Å². The second kappa shape index (κ2) is 12.3. The Labute approximate surface area is 248 Å². The Morgan fingerprint density at radius 1 is 0.902 bits per heavy atom. The summed E-state index contributed by atoms with van der Waals surface area (Å²) in [4.78, 5) is 16.7. The van der Waals surface area contributed by atoms with Crippen LogP contribution in [0.1, 0.15) is 27.3 Å². The summed E-state index contributed by atoms with van der Waals surface area (Å²) >= 11 is 12.6. The van der Waals surface area contributed by atoms with Crippen molar-refractivity contribution in [3.63, 3.8) is 0 Å². The van der Waals surface area contributed by atoms with E-state index in [-0.39, 0.29) is 5.97 Å². The summed E-state index contributed by atoms with van der Waals surface area (Å²) < 4.78 is 12.1. The highest BCUT2D eigenvalue weighted by molar-refractivity contribution is 6.36. The van der Waals surface area contributed by atoms with Gasteiger partial charge < -0.3 is 19.8 Å². The molecule has 0 unspecified atom stereocenters. The number of rotatable bonds is 8. The van der Waals surface area contributed by atoms with Crippen molar-refractivity contribution in [3.05, 3.63) is 124 Å². The zero-order valence-electron chi connectivity index (χ0n) is 22.5. The average molecular weight is 585 g/mol. The molecule has 0 radical (unpaired) electrons. The van der Waals surface area contributed by atoms with Gasteiger partial charge in [-0.15, -0.1) is 0 Å². The first-order valence-corrected chi connectivity index (χ1v) is 13.5. The third-order valence-electron chi connectivity index (χ3n) is 6.64. The zero-order valence-corrected chi connectivity index (χ0v) is 24.0. The predicted molar refractivity (Wildman–Crippen MR) is 166 cm³/mol. The number of halogens is 2. The van der Waals surface area contributed by atoms with Crippen LogP contribution in [0.15, 0.2) is 91.1 Å². The van der Waals surface area contributed by atoms with E-state index in [0.29, 0.717) is 33.6 Å². The molecule has 5 aromatic rings. The van der Waals surface area contributed by atoms with Crippen LogP contribution in [0.4, 0.5) is 5.69 Å². The van der Waals surface area contributed by atoms with Crippen molar-refractivity contribution in [2.75, 3.05) is 20.0 Å². The lowest BCUT2D eigenvalue weighted by Gasteiger charge is -2.08. The molecule has 0 bridgehead atoms. The average Bonchev–Trinajstić information content (AvgIpc) is 3.38. The first-order chi connectivity index (χ1) is 19.8. The Kier molecular flexibility index (Phi) is 8.43. The van der Waals surface area contributed by atoms with Gasteiger partial charge in [-0.2, -0.15) is 0 Å². The lowest BCUT2D eigenvalue weighted by molar-refractivity contribution is 0.0600. The number of imidazole rings is 1. The maximum absolute atomic E-state index is 11.8. The molecule has 206 valence electrons. The van der Waals surface area contributed by atoms with E-state index >= 15 is 0 Å². The number of benzene rings is 4. The number of hydrogen-bond acceptors (Lipinski definition) is 5. The number of anilines is 1. The zero-order chi connectivity index (χ0) is 28.9. The molecule has 2 N–H and O–H groups in total. The standard InChI is InChI=1S/C33H27Cl2N3O3/c1-40-31-15-12-25(17-29(31)36)23-8-3-21(4-9-23)7-16-32-37-30(27-14-13-26(34)18-28(27)35)20-38(32)19-22-5-10-24(11-6-22)33(39)41-2/h3-18,20H,19,36H2,1-2H3. The molecule has 1 heterocycles. The van der Waals surface area contributed by atoms with Gasteiger partial charge in [0.1, 0.15) is 11.6 Å². The molecular formula is C33H27Cl2N3O3. The summed E-state index contributed by atoms with van der Waals surface area (Å²) in [6.45, 7) is 0.539. The lowest BCUT2D eigenvalue weighted by atomic mass is 10.0. The van der Waals surface area contributed by atoms with Crippen LogP contribution in [0.5, 0.6) is 5.75 Å². The van der Waals surface area contributed by atoms with Crippen LogP contribution in [0.3, 0.4) is 0 Å². The van der Waals surface area contributed by atoms with Gasteiger partial charge in [0.2, 0.25) is 0 Å². The second-order valence-corrected chi connectivity index (χ2v) is 10.2. The van der Waals surface area contributed by atoms with E-state index in [1.165, 1.54) is 7.11 Å². The number of hydrogen-bond donors (Lipinski definition) is 1. The number of ether oxygens (including phenoxy) is 2. The Morgan fingerprint density at radius 3 is 2.29 bits per heavy atom. The van der Waals surface area contributed by atoms with E-state index < -0.39 is 0 Å². The highest BCUT2D eigenvalue weighted by atomic mass is 35.5. The molecule has 0 aliphatic rings. The minimum atomic E-state index is -0.371. The number of nitrogens with two attached hydrogens (primary N) is 1. The molecule has 0 amide bonds. The molecule has 6 nitrogen and oxygen atoms in total. The van der Waals surface area contributed by atoms with Gasteiger partial charge >= 0.3 is 5.97 Å². The first-order valence-electron chi connectivity index (χ1n) is 12.8. The maximum atomic E-state index is 11.8. The number of aromatic nitrogens is 2. The van der Waals surface area contributed by atoms with E-state index in [2.05, 4.69) is 12.1 Å². The van der Waals surface area contributed by atoms with Gasteiger partial charge in [0.05, 0.1) is 36.2 Å². The molecule has 0 saturated carbocycles. The third-order valence-corrected chi connectivity index (χ3v) is 7.19. The fourth-order valence-electron chi connectivity index (χ4n) is 4.45. The van der Waals surface area contributed by atoms with Gasteiger partial charge in [0, 0.05) is 23.3 Å².